The Hall–Kier alpha value is -2.21. The number of aryl methyl sites for hydroxylation is 1. The van der Waals surface area contributed by atoms with Gasteiger partial charge in [-0.15, -0.1) is 11.8 Å². The lowest BCUT2D eigenvalue weighted by Crippen LogP contribution is -2.49. The molecule has 2 aromatic carbocycles. The highest BCUT2D eigenvalue weighted by Gasteiger charge is 2.30. The van der Waals surface area contributed by atoms with Crippen LogP contribution in [0.25, 0.3) is 0 Å². The third kappa shape index (κ3) is 6.14. The third-order valence-corrected chi connectivity index (χ3v) is 6.13. The molecule has 2 rings (SSSR count). The fraction of sp³-hybridized carbons (Fsp3) is 0.263. The summed E-state index contributed by atoms with van der Waals surface area (Å²) < 4.78 is 39.4. The summed E-state index contributed by atoms with van der Waals surface area (Å²) in [5, 5.41) is 1.84. The molecule has 0 radical (unpaired) electrons. The minimum absolute atomic E-state index is 0.215. The Morgan fingerprint density at radius 3 is 2.43 bits per heavy atom. The maximum atomic E-state index is 12.9. The van der Waals surface area contributed by atoms with E-state index in [2.05, 4.69) is 4.99 Å². The summed E-state index contributed by atoms with van der Waals surface area (Å²) >= 11 is 2.66. The number of nitrogens with two attached hydrogens (primary N) is 2. The van der Waals surface area contributed by atoms with Gasteiger partial charge in [-0.3, -0.25) is 5.01 Å². The van der Waals surface area contributed by atoms with Gasteiger partial charge in [0.1, 0.15) is 4.38 Å². The molecular formula is C19H22F3N5OS2. The molecule has 0 atom stereocenters. The van der Waals surface area contributed by atoms with Crippen molar-refractivity contribution >= 4 is 45.3 Å². The molecule has 162 valence electrons. The molecular weight excluding hydrogens is 435 g/mol. The number of hydrogen-bond acceptors (Lipinski definition) is 6. The first kappa shape index (κ1) is 24.1. The van der Waals surface area contributed by atoms with Gasteiger partial charge in [0, 0.05) is 12.8 Å². The van der Waals surface area contributed by atoms with Crippen molar-refractivity contribution < 1.29 is 18.0 Å². The Labute approximate surface area is 181 Å². The molecule has 30 heavy (non-hydrogen) atoms. The van der Waals surface area contributed by atoms with Crippen LogP contribution in [0.1, 0.15) is 16.7 Å². The first-order valence-corrected chi connectivity index (χ1v) is 10.8. The molecule has 2 amide bonds. The Morgan fingerprint density at radius 2 is 1.83 bits per heavy atom. The van der Waals surface area contributed by atoms with Crippen molar-refractivity contribution in [2.75, 3.05) is 18.3 Å². The number of rotatable bonds is 4. The zero-order valence-electron chi connectivity index (χ0n) is 16.6. The van der Waals surface area contributed by atoms with Gasteiger partial charge < -0.3 is 0 Å². The van der Waals surface area contributed by atoms with E-state index in [-0.39, 0.29) is 5.69 Å². The minimum Gasteiger partial charge on any atom is -0.264 e. The summed E-state index contributed by atoms with van der Waals surface area (Å²) in [5.74, 6) is 11.8. The van der Waals surface area contributed by atoms with Gasteiger partial charge in [-0.1, -0.05) is 30.0 Å². The maximum Gasteiger partial charge on any atom is 0.416 e. The van der Waals surface area contributed by atoms with Gasteiger partial charge in [-0.2, -0.15) is 13.2 Å². The van der Waals surface area contributed by atoms with Crippen LogP contribution >= 0.6 is 23.5 Å². The van der Waals surface area contributed by atoms with Gasteiger partial charge in [-0.05, 0) is 48.6 Å². The largest absolute Gasteiger partial charge is 0.416 e. The summed E-state index contributed by atoms with van der Waals surface area (Å²) in [6.07, 6.45) is -2.64. The lowest BCUT2D eigenvalue weighted by Gasteiger charge is -2.24. The zero-order valence-corrected chi connectivity index (χ0v) is 18.2. The number of aliphatic imine (C=N–C) groups is 1. The monoisotopic (exact) mass is 457 g/mol. The second-order valence-corrected chi connectivity index (χ2v) is 8.27. The van der Waals surface area contributed by atoms with Crippen LogP contribution < -0.4 is 16.7 Å². The highest BCUT2D eigenvalue weighted by Crippen LogP contribution is 2.33. The van der Waals surface area contributed by atoms with E-state index in [0.29, 0.717) is 15.8 Å². The van der Waals surface area contributed by atoms with E-state index in [1.54, 1.807) is 18.4 Å². The first-order valence-electron chi connectivity index (χ1n) is 8.63. The van der Waals surface area contributed by atoms with E-state index in [4.69, 9.17) is 11.7 Å². The average Bonchev–Trinajstić information content (AvgIpc) is 2.70. The quantitative estimate of drug-likeness (QED) is 0.224. The number of halogens is 3. The van der Waals surface area contributed by atoms with Crippen LogP contribution in [0, 0.1) is 6.92 Å². The standard InChI is InChI=1S/C19H22F3N5OS2/c1-12-6-4-9-16(27(24)18(28)26(2)23)15(12)11-30-17(29-3)25-14-8-5-7-13(10-14)19(20,21)22/h4-10H,11,23-24H2,1-3H3. The van der Waals surface area contributed by atoms with Gasteiger partial charge >= 0.3 is 12.2 Å². The molecule has 4 N–H and O–H groups in total. The number of hydrogen-bond donors (Lipinski definition) is 2. The molecule has 0 aromatic heterocycles. The fourth-order valence-electron chi connectivity index (χ4n) is 2.50. The lowest BCUT2D eigenvalue weighted by atomic mass is 10.1. The van der Waals surface area contributed by atoms with Gasteiger partial charge in [0.25, 0.3) is 0 Å². The smallest absolute Gasteiger partial charge is 0.264 e. The zero-order chi connectivity index (χ0) is 22.5. The molecule has 0 spiro atoms. The highest BCUT2D eigenvalue weighted by molar-refractivity contribution is 8.38. The predicted octanol–water partition coefficient (Wildman–Crippen LogP) is 4.90. The molecule has 0 aliphatic rings. The van der Waals surface area contributed by atoms with E-state index < -0.39 is 17.8 Å². The topological polar surface area (TPSA) is 88.0 Å². The summed E-state index contributed by atoms with van der Waals surface area (Å²) in [7, 11) is 1.39. The number of carbonyl (C=O) groups is 1. The molecule has 0 heterocycles. The lowest BCUT2D eigenvalue weighted by molar-refractivity contribution is -0.137. The average molecular weight is 458 g/mol. The van der Waals surface area contributed by atoms with Crippen molar-refractivity contribution in [1.29, 1.82) is 0 Å². The number of alkyl halides is 3. The van der Waals surface area contributed by atoms with E-state index in [0.717, 1.165) is 33.3 Å². The van der Waals surface area contributed by atoms with Crippen LogP contribution in [0.3, 0.4) is 0 Å². The third-order valence-electron chi connectivity index (χ3n) is 4.06. The van der Waals surface area contributed by atoms with Crippen molar-refractivity contribution in [2.24, 2.45) is 16.7 Å². The minimum atomic E-state index is -4.43. The van der Waals surface area contributed by atoms with Gasteiger partial charge in [-0.25, -0.2) is 26.5 Å². The molecule has 11 heteroatoms. The fourth-order valence-corrected chi connectivity index (χ4v) is 4.16. The van der Waals surface area contributed by atoms with Crippen LogP contribution in [0.5, 0.6) is 0 Å². The molecule has 0 aliphatic heterocycles. The summed E-state index contributed by atoms with van der Waals surface area (Å²) in [4.78, 5) is 16.5. The molecule has 0 fully saturated rings. The van der Waals surface area contributed by atoms with Crippen molar-refractivity contribution in [3.8, 4) is 0 Å². The van der Waals surface area contributed by atoms with E-state index in [1.165, 1.54) is 42.7 Å². The Bertz CT molecular complexity index is 935. The summed E-state index contributed by atoms with van der Waals surface area (Å²) in [6, 6.07) is 9.62. The highest BCUT2D eigenvalue weighted by atomic mass is 32.2. The van der Waals surface area contributed by atoms with Crippen molar-refractivity contribution in [3.05, 3.63) is 59.2 Å². The number of amides is 2. The second-order valence-electron chi connectivity index (χ2n) is 6.25. The van der Waals surface area contributed by atoms with Crippen LogP contribution in [0.2, 0.25) is 0 Å². The first-order chi connectivity index (χ1) is 14.0. The van der Waals surface area contributed by atoms with Crippen LogP contribution in [0.4, 0.5) is 29.3 Å². The maximum absolute atomic E-state index is 12.9. The van der Waals surface area contributed by atoms with Crippen LogP contribution in [-0.2, 0) is 11.9 Å². The number of anilines is 1. The van der Waals surface area contributed by atoms with Crippen molar-refractivity contribution in [1.82, 2.24) is 5.01 Å². The number of carbonyl (C=O) groups excluding carboxylic acids is 1. The van der Waals surface area contributed by atoms with Gasteiger partial charge in [0.05, 0.1) is 16.9 Å². The number of thioether (sulfide) groups is 2. The molecule has 2 aromatic rings. The Kier molecular flexibility index (Phi) is 8.18. The molecule has 0 bridgehead atoms. The number of nitrogens with zero attached hydrogens (tertiary/aromatic N) is 3. The number of benzene rings is 2. The Morgan fingerprint density at radius 1 is 1.17 bits per heavy atom. The second kappa shape index (κ2) is 10.2. The van der Waals surface area contributed by atoms with Crippen molar-refractivity contribution in [2.45, 2.75) is 18.9 Å². The van der Waals surface area contributed by atoms with Crippen molar-refractivity contribution in [3.63, 3.8) is 0 Å². The molecule has 0 unspecified atom stereocenters. The molecule has 0 aliphatic carbocycles. The summed E-state index contributed by atoms with van der Waals surface area (Å²) in [6.45, 7) is 1.88. The molecule has 0 saturated heterocycles. The van der Waals surface area contributed by atoms with E-state index >= 15 is 0 Å². The molecule has 6 nitrogen and oxygen atoms in total. The van der Waals surface area contributed by atoms with Gasteiger partial charge in [0.15, 0.2) is 0 Å². The number of hydrazine groups is 2. The SMILES string of the molecule is CSC(=Nc1cccc(C(F)(F)F)c1)SCc1c(C)cccc1N(N)C(=O)N(C)N. The Balaban J connectivity index is 2.27. The predicted molar refractivity (Wildman–Crippen MR) is 119 cm³/mol. The normalized spacial score (nSPS) is 12.1. The van der Waals surface area contributed by atoms with Gasteiger partial charge in [0.2, 0.25) is 0 Å². The number of urea groups is 1. The van der Waals surface area contributed by atoms with Crippen LogP contribution in [-0.4, -0.2) is 28.7 Å². The van der Waals surface area contributed by atoms with E-state index in [1.807, 2.05) is 13.0 Å². The van der Waals surface area contributed by atoms with Crippen LogP contribution in [0.15, 0.2) is 47.5 Å². The van der Waals surface area contributed by atoms with E-state index in [9.17, 15) is 18.0 Å². The molecule has 0 saturated carbocycles. The summed E-state index contributed by atoms with van der Waals surface area (Å²) in [5.41, 5.74) is 1.66.